The zero-order valence-corrected chi connectivity index (χ0v) is 16.9. The van der Waals surface area contributed by atoms with Crippen LogP contribution >= 0.6 is 31.9 Å². The summed E-state index contributed by atoms with van der Waals surface area (Å²) in [7, 11) is 0. The summed E-state index contributed by atoms with van der Waals surface area (Å²) in [6.07, 6.45) is 7.98. The van der Waals surface area contributed by atoms with Crippen molar-refractivity contribution in [1.29, 1.82) is 0 Å². The second-order valence-electron chi connectivity index (χ2n) is 5.83. The van der Waals surface area contributed by atoms with Gasteiger partial charge < -0.3 is 9.73 Å². The third kappa shape index (κ3) is 6.44. The second-order valence-corrected chi connectivity index (χ2v) is 7.60. The quantitative estimate of drug-likeness (QED) is 0.403. The fourth-order valence-electron chi connectivity index (χ4n) is 2.55. The van der Waals surface area contributed by atoms with Gasteiger partial charge in [-0.25, -0.2) is 0 Å². The van der Waals surface area contributed by atoms with E-state index in [2.05, 4.69) is 56.2 Å². The lowest BCUT2D eigenvalue weighted by Crippen LogP contribution is -2.14. The van der Waals surface area contributed by atoms with Gasteiger partial charge in [-0.15, -0.1) is 0 Å². The fourth-order valence-corrected chi connectivity index (χ4v) is 3.79. The molecule has 0 unspecified atom stereocenters. The molecule has 4 heteroatoms. The molecule has 126 valence electrons. The van der Waals surface area contributed by atoms with Crippen LogP contribution in [0.4, 0.5) is 0 Å². The predicted octanol–water partition coefficient (Wildman–Crippen LogP) is 6.92. The standard InChI is InChI=1S/C19H25Br2NO/c1-2-3-4-5-6-7-12-22-14-16-9-11-19(23-16)17-10-8-15(20)13-18(17)21/h8-11,13,22H,2-7,12,14H2,1H3. The van der Waals surface area contributed by atoms with E-state index in [1.165, 1.54) is 38.5 Å². The monoisotopic (exact) mass is 441 g/mol. The molecular formula is C19H25Br2NO. The minimum Gasteiger partial charge on any atom is -0.460 e. The molecule has 1 aromatic carbocycles. The topological polar surface area (TPSA) is 25.2 Å². The van der Waals surface area contributed by atoms with Gasteiger partial charge in [0.05, 0.1) is 6.54 Å². The molecule has 2 nitrogen and oxygen atoms in total. The summed E-state index contributed by atoms with van der Waals surface area (Å²) >= 11 is 7.06. The van der Waals surface area contributed by atoms with Crippen LogP contribution in [0.1, 0.15) is 51.2 Å². The molecule has 0 bridgehead atoms. The van der Waals surface area contributed by atoms with Crippen molar-refractivity contribution >= 4 is 31.9 Å². The van der Waals surface area contributed by atoms with E-state index >= 15 is 0 Å². The van der Waals surface area contributed by atoms with Crippen molar-refractivity contribution in [1.82, 2.24) is 5.32 Å². The number of nitrogens with one attached hydrogen (secondary N) is 1. The molecule has 23 heavy (non-hydrogen) atoms. The molecule has 0 fully saturated rings. The zero-order valence-electron chi connectivity index (χ0n) is 13.7. The largest absolute Gasteiger partial charge is 0.460 e. The number of unbranched alkanes of at least 4 members (excludes halogenated alkanes) is 5. The number of rotatable bonds is 10. The van der Waals surface area contributed by atoms with Crippen LogP contribution < -0.4 is 5.32 Å². The Hall–Kier alpha value is -0.580. The lowest BCUT2D eigenvalue weighted by Gasteiger charge is -2.04. The van der Waals surface area contributed by atoms with Gasteiger partial charge in [0.1, 0.15) is 11.5 Å². The lowest BCUT2D eigenvalue weighted by atomic mass is 10.1. The third-order valence-electron chi connectivity index (χ3n) is 3.86. The van der Waals surface area contributed by atoms with Crippen molar-refractivity contribution in [3.8, 4) is 11.3 Å². The van der Waals surface area contributed by atoms with Crippen molar-refractivity contribution in [2.24, 2.45) is 0 Å². The molecule has 1 heterocycles. The smallest absolute Gasteiger partial charge is 0.135 e. The molecule has 2 aromatic rings. The predicted molar refractivity (Wildman–Crippen MR) is 105 cm³/mol. The molecular weight excluding hydrogens is 418 g/mol. The van der Waals surface area contributed by atoms with E-state index in [0.717, 1.165) is 39.1 Å². The maximum absolute atomic E-state index is 5.94. The number of hydrogen-bond acceptors (Lipinski definition) is 2. The van der Waals surface area contributed by atoms with E-state index in [1.54, 1.807) is 0 Å². The van der Waals surface area contributed by atoms with Gasteiger partial charge in [-0.3, -0.25) is 0 Å². The summed E-state index contributed by atoms with van der Waals surface area (Å²) in [4.78, 5) is 0. The van der Waals surface area contributed by atoms with Crippen LogP contribution in [0.3, 0.4) is 0 Å². The van der Waals surface area contributed by atoms with Gasteiger partial charge in [0, 0.05) is 14.5 Å². The Morgan fingerprint density at radius 1 is 0.957 bits per heavy atom. The SMILES string of the molecule is CCCCCCCCNCc1ccc(-c2ccc(Br)cc2Br)o1. The summed E-state index contributed by atoms with van der Waals surface area (Å²) in [5.41, 5.74) is 1.08. The molecule has 0 aliphatic heterocycles. The van der Waals surface area contributed by atoms with Crippen LogP contribution in [0.2, 0.25) is 0 Å². The van der Waals surface area contributed by atoms with Crippen LogP contribution in [0.5, 0.6) is 0 Å². The average molecular weight is 443 g/mol. The van der Waals surface area contributed by atoms with Gasteiger partial charge in [-0.1, -0.05) is 55.0 Å². The van der Waals surface area contributed by atoms with Crippen molar-refractivity contribution in [3.63, 3.8) is 0 Å². The molecule has 0 spiro atoms. The maximum Gasteiger partial charge on any atom is 0.135 e. The van der Waals surface area contributed by atoms with Gasteiger partial charge >= 0.3 is 0 Å². The van der Waals surface area contributed by atoms with Gasteiger partial charge in [0.15, 0.2) is 0 Å². The van der Waals surface area contributed by atoms with Gasteiger partial charge in [0.25, 0.3) is 0 Å². The third-order valence-corrected chi connectivity index (χ3v) is 5.01. The van der Waals surface area contributed by atoms with Gasteiger partial charge in [-0.05, 0) is 59.2 Å². The summed E-state index contributed by atoms with van der Waals surface area (Å²) in [5.74, 6) is 1.89. The first-order chi connectivity index (χ1) is 11.2. The summed E-state index contributed by atoms with van der Waals surface area (Å²) in [6.45, 7) is 4.11. The first-order valence-corrected chi connectivity index (χ1v) is 10.0. The molecule has 1 N–H and O–H groups in total. The molecule has 0 atom stereocenters. The average Bonchev–Trinajstić information content (AvgIpc) is 2.98. The normalized spacial score (nSPS) is 11.1. The Balaban J connectivity index is 1.73. The first-order valence-electron chi connectivity index (χ1n) is 8.45. The second kappa shape index (κ2) is 10.3. The fraction of sp³-hybridized carbons (Fsp3) is 0.474. The molecule has 0 aliphatic rings. The van der Waals surface area contributed by atoms with Gasteiger partial charge in [0.2, 0.25) is 0 Å². The van der Waals surface area contributed by atoms with Crippen molar-refractivity contribution in [2.45, 2.75) is 52.0 Å². The van der Waals surface area contributed by atoms with Crippen LogP contribution in [0.15, 0.2) is 43.7 Å². The maximum atomic E-state index is 5.94. The van der Waals surface area contributed by atoms with E-state index in [0.29, 0.717) is 0 Å². The summed E-state index contributed by atoms with van der Waals surface area (Å²) in [5, 5.41) is 3.47. The van der Waals surface area contributed by atoms with E-state index < -0.39 is 0 Å². The molecule has 2 rings (SSSR count). The Morgan fingerprint density at radius 3 is 2.52 bits per heavy atom. The van der Waals surface area contributed by atoms with Crippen LogP contribution in [0, 0.1) is 0 Å². The number of furan rings is 1. The van der Waals surface area contributed by atoms with Crippen molar-refractivity contribution < 1.29 is 4.42 Å². The minimum atomic E-state index is 0.795. The highest BCUT2D eigenvalue weighted by molar-refractivity contribution is 9.11. The molecule has 0 radical (unpaired) electrons. The molecule has 1 aromatic heterocycles. The number of halogens is 2. The first kappa shape index (κ1) is 18.8. The Morgan fingerprint density at radius 2 is 1.74 bits per heavy atom. The number of benzene rings is 1. The van der Waals surface area contributed by atoms with Crippen LogP contribution in [-0.4, -0.2) is 6.54 Å². The van der Waals surface area contributed by atoms with Crippen LogP contribution in [-0.2, 0) is 6.54 Å². The van der Waals surface area contributed by atoms with E-state index in [9.17, 15) is 0 Å². The summed E-state index contributed by atoms with van der Waals surface area (Å²) < 4.78 is 8.03. The highest BCUT2D eigenvalue weighted by Gasteiger charge is 2.08. The minimum absolute atomic E-state index is 0.795. The number of hydrogen-bond donors (Lipinski definition) is 1. The highest BCUT2D eigenvalue weighted by atomic mass is 79.9. The molecule has 0 saturated carbocycles. The Bertz CT molecular complexity index is 595. The molecule has 0 aliphatic carbocycles. The van der Waals surface area contributed by atoms with Crippen molar-refractivity contribution in [3.05, 3.63) is 45.0 Å². The summed E-state index contributed by atoms with van der Waals surface area (Å²) in [6, 6.07) is 10.2. The van der Waals surface area contributed by atoms with Gasteiger partial charge in [-0.2, -0.15) is 0 Å². The Labute approximate surface area is 156 Å². The zero-order chi connectivity index (χ0) is 16.5. The van der Waals surface area contributed by atoms with E-state index in [-0.39, 0.29) is 0 Å². The van der Waals surface area contributed by atoms with E-state index in [1.807, 2.05) is 18.2 Å². The highest BCUT2D eigenvalue weighted by Crippen LogP contribution is 2.31. The molecule has 0 saturated heterocycles. The van der Waals surface area contributed by atoms with Crippen LogP contribution in [0.25, 0.3) is 11.3 Å². The lowest BCUT2D eigenvalue weighted by molar-refractivity contribution is 0.485. The Kier molecular flexibility index (Phi) is 8.41. The molecule has 0 amide bonds. The van der Waals surface area contributed by atoms with Crippen molar-refractivity contribution in [2.75, 3.05) is 6.54 Å². The van der Waals surface area contributed by atoms with E-state index in [4.69, 9.17) is 4.42 Å².